The predicted molar refractivity (Wildman–Crippen MR) is 24.2 cm³/mol. The van der Waals surface area contributed by atoms with Crippen molar-refractivity contribution in [2.24, 2.45) is 0 Å². The summed E-state index contributed by atoms with van der Waals surface area (Å²) >= 11 is 0. The quantitative estimate of drug-likeness (QED) is 0.371. The van der Waals surface area contributed by atoms with Crippen molar-refractivity contribution in [3.63, 3.8) is 0 Å². The van der Waals surface area contributed by atoms with Gasteiger partial charge in [-0.15, -0.1) is 0 Å². The highest BCUT2D eigenvalue weighted by Gasteiger charge is 1.76. The number of hydrogen-bond acceptors (Lipinski definition) is 3. The molecule has 0 amide bonds. The molecule has 0 atom stereocenters. The SMILES string of the molecule is N#CCNC[C]=O. The van der Waals surface area contributed by atoms with Crippen LogP contribution in [0, 0.1) is 11.3 Å². The van der Waals surface area contributed by atoms with E-state index in [2.05, 4.69) is 5.32 Å². The number of nitriles is 1. The first-order chi connectivity index (χ1) is 3.41. The lowest BCUT2D eigenvalue weighted by Crippen LogP contribution is -2.15. The van der Waals surface area contributed by atoms with Gasteiger partial charge in [0.1, 0.15) is 0 Å². The van der Waals surface area contributed by atoms with Crippen molar-refractivity contribution < 1.29 is 4.79 Å². The summed E-state index contributed by atoms with van der Waals surface area (Å²) in [7, 11) is 0. The monoisotopic (exact) mass is 97.0 g/mol. The van der Waals surface area contributed by atoms with Gasteiger partial charge in [0.2, 0.25) is 6.29 Å². The van der Waals surface area contributed by atoms with Crippen LogP contribution in [-0.2, 0) is 4.79 Å². The molecule has 0 bridgehead atoms. The Kier molecular flexibility index (Phi) is 4.48. The summed E-state index contributed by atoms with van der Waals surface area (Å²) in [6.45, 7) is 0.364. The van der Waals surface area contributed by atoms with Gasteiger partial charge in [0.15, 0.2) is 0 Å². The molecule has 3 heteroatoms. The van der Waals surface area contributed by atoms with Crippen LogP contribution >= 0.6 is 0 Å². The molecule has 0 aromatic rings. The van der Waals surface area contributed by atoms with E-state index in [-0.39, 0.29) is 13.1 Å². The van der Waals surface area contributed by atoms with Gasteiger partial charge >= 0.3 is 0 Å². The van der Waals surface area contributed by atoms with Crippen molar-refractivity contribution in [1.29, 1.82) is 5.26 Å². The van der Waals surface area contributed by atoms with Crippen molar-refractivity contribution in [2.45, 2.75) is 0 Å². The van der Waals surface area contributed by atoms with Gasteiger partial charge in [-0.2, -0.15) is 5.26 Å². The second-order valence-corrected chi connectivity index (χ2v) is 0.906. The summed E-state index contributed by atoms with van der Waals surface area (Å²) in [5.74, 6) is 0. The Labute approximate surface area is 41.9 Å². The minimum Gasteiger partial charge on any atom is -0.297 e. The van der Waals surface area contributed by atoms with Gasteiger partial charge in [-0.3, -0.25) is 10.1 Å². The van der Waals surface area contributed by atoms with Crippen LogP contribution in [0.3, 0.4) is 0 Å². The van der Waals surface area contributed by atoms with Crippen LogP contribution in [0.15, 0.2) is 0 Å². The standard InChI is InChI=1S/C4H5N2O/c5-1-2-6-3-4-7/h6H,2-3H2. The molecule has 0 aliphatic rings. The smallest absolute Gasteiger partial charge is 0.213 e. The number of rotatable bonds is 3. The van der Waals surface area contributed by atoms with Crippen LogP contribution in [-0.4, -0.2) is 19.4 Å². The first-order valence-electron chi connectivity index (χ1n) is 1.84. The van der Waals surface area contributed by atoms with Crippen LogP contribution in [0.2, 0.25) is 0 Å². The molecule has 0 unspecified atom stereocenters. The molecular formula is C4H5N2O. The Bertz CT molecular complexity index is 84.2. The molecule has 0 rings (SSSR count). The van der Waals surface area contributed by atoms with E-state index in [1.54, 1.807) is 6.29 Å². The fourth-order valence-corrected chi connectivity index (χ4v) is 0.169. The summed E-state index contributed by atoms with van der Waals surface area (Å²) in [4.78, 5) is 9.38. The van der Waals surface area contributed by atoms with Crippen LogP contribution in [0.25, 0.3) is 0 Å². The first kappa shape index (κ1) is 6.12. The average molecular weight is 97.1 g/mol. The first-order valence-corrected chi connectivity index (χ1v) is 1.84. The molecule has 1 N–H and O–H groups in total. The van der Waals surface area contributed by atoms with Crippen molar-refractivity contribution >= 4 is 6.29 Å². The molecule has 0 aliphatic carbocycles. The third-order valence-electron chi connectivity index (χ3n) is 0.401. The van der Waals surface area contributed by atoms with Gasteiger partial charge in [-0.05, 0) is 0 Å². The number of carbonyl (C=O) groups excluding carboxylic acids is 1. The van der Waals surface area contributed by atoms with Crippen LogP contribution < -0.4 is 5.32 Å². The van der Waals surface area contributed by atoms with E-state index >= 15 is 0 Å². The Morgan fingerprint density at radius 1 is 1.57 bits per heavy atom. The van der Waals surface area contributed by atoms with E-state index in [9.17, 15) is 4.79 Å². The van der Waals surface area contributed by atoms with Gasteiger partial charge in [-0.1, -0.05) is 0 Å². The lowest BCUT2D eigenvalue weighted by atomic mass is 10.6. The Morgan fingerprint density at radius 2 is 2.29 bits per heavy atom. The molecule has 0 saturated carbocycles. The molecule has 0 fully saturated rings. The lowest BCUT2D eigenvalue weighted by Gasteiger charge is -1.82. The summed E-state index contributed by atoms with van der Waals surface area (Å²) in [5, 5.41) is 10.4. The topological polar surface area (TPSA) is 52.9 Å². The maximum absolute atomic E-state index is 9.38. The fraction of sp³-hybridized carbons (Fsp3) is 0.500. The minimum absolute atomic E-state index is 0.146. The van der Waals surface area contributed by atoms with Crippen LogP contribution in [0.1, 0.15) is 0 Å². The maximum Gasteiger partial charge on any atom is 0.213 e. The Morgan fingerprint density at radius 3 is 2.71 bits per heavy atom. The molecule has 0 spiro atoms. The van der Waals surface area contributed by atoms with E-state index in [1.807, 2.05) is 6.07 Å². The van der Waals surface area contributed by atoms with E-state index in [1.165, 1.54) is 0 Å². The highest BCUT2D eigenvalue weighted by atomic mass is 16.1. The van der Waals surface area contributed by atoms with Crippen LogP contribution in [0.5, 0.6) is 0 Å². The van der Waals surface area contributed by atoms with Crippen molar-refractivity contribution in [3.05, 3.63) is 0 Å². The average Bonchev–Trinajstić information content (AvgIpc) is 1.69. The number of hydrogen-bond donors (Lipinski definition) is 1. The van der Waals surface area contributed by atoms with Crippen LogP contribution in [0.4, 0.5) is 0 Å². The molecule has 1 radical (unpaired) electrons. The molecule has 0 aromatic carbocycles. The van der Waals surface area contributed by atoms with E-state index in [0.717, 1.165) is 0 Å². The zero-order valence-electron chi connectivity index (χ0n) is 3.77. The molecule has 0 heterocycles. The van der Waals surface area contributed by atoms with Gasteiger partial charge in [0.05, 0.1) is 19.2 Å². The zero-order valence-corrected chi connectivity index (χ0v) is 3.77. The molecule has 7 heavy (non-hydrogen) atoms. The van der Waals surface area contributed by atoms with E-state index < -0.39 is 0 Å². The zero-order chi connectivity index (χ0) is 5.54. The third-order valence-corrected chi connectivity index (χ3v) is 0.401. The minimum atomic E-state index is 0.146. The Hall–Kier alpha value is -0.880. The van der Waals surface area contributed by atoms with Gasteiger partial charge < -0.3 is 0 Å². The highest BCUT2D eigenvalue weighted by Crippen LogP contribution is 1.47. The predicted octanol–water partition coefficient (Wildman–Crippen LogP) is -0.791. The number of nitrogens with zero attached hydrogens (tertiary/aromatic N) is 1. The highest BCUT2D eigenvalue weighted by molar-refractivity contribution is 5.52. The summed E-state index contributed by atoms with van der Waals surface area (Å²) in [6, 6.07) is 1.81. The lowest BCUT2D eigenvalue weighted by molar-refractivity contribution is 0.551. The second-order valence-electron chi connectivity index (χ2n) is 0.906. The fourth-order valence-electron chi connectivity index (χ4n) is 0.169. The maximum atomic E-state index is 9.38. The van der Waals surface area contributed by atoms with E-state index in [0.29, 0.717) is 0 Å². The van der Waals surface area contributed by atoms with Gasteiger partial charge in [0, 0.05) is 0 Å². The molecule has 3 nitrogen and oxygen atoms in total. The molecular weight excluding hydrogens is 92.1 g/mol. The van der Waals surface area contributed by atoms with Gasteiger partial charge in [-0.25, -0.2) is 0 Å². The van der Waals surface area contributed by atoms with Crippen molar-refractivity contribution in [3.8, 4) is 6.07 Å². The normalized spacial score (nSPS) is 7.29. The van der Waals surface area contributed by atoms with Crippen molar-refractivity contribution in [1.82, 2.24) is 5.32 Å². The summed E-state index contributed by atoms with van der Waals surface area (Å²) < 4.78 is 0. The molecule has 0 aliphatic heterocycles. The molecule has 0 aromatic heterocycles. The molecule has 0 saturated heterocycles. The summed E-state index contributed by atoms with van der Waals surface area (Å²) in [5.41, 5.74) is 0. The Balaban J connectivity index is 2.72. The largest absolute Gasteiger partial charge is 0.297 e. The number of nitrogens with one attached hydrogen (secondary N) is 1. The van der Waals surface area contributed by atoms with Crippen molar-refractivity contribution in [2.75, 3.05) is 13.1 Å². The molecule has 37 valence electrons. The van der Waals surface area contributed by atoms with Gasteiger partial charge in [0.25, 0.3) is 0 Å². The van der Waals surface area contributed by atoms with E-state index in [4.69, 9.17) is 5.26 Å². The third kappa shape index (κ3) is 5.12. The summed E-state index contributed by atoms with van der Waals surface area (Å²) in [6.07, 6.45) is 1.59. The second kappa shape index (κ2) is 5.12.